The van der Waals surface area contributed by atoms with E-state index < -0.39 is 5.97 Å². The SMILES string of the molecule is C=C(CCC(=O)O)COc1ccc(-c2ccn[nH]2)nc1. The second-order valence-corrected chi connectivity index (χ2v) is 4.28. The molecular weight excluding hydrogens is 258 g/mol. The molecule has 0 aliphatic rings. The number of aromatic amines is 1. The van der Waals surface area contributed by atoms with Crippen LogP contribution in [0.3, 0.4) is 0 Å². The minimum absolute atomic E-state index is 0.0687. The van der Waals surface area contributed by atoms with E-state index in [0.717, 1.165) is 17.0 Å². The molecule has 0 saturated heterocycles. The van der Waals surface area contributed by atoms with Gasteiger partial charge in [-0.2, -0.15) is 5.10 Å². The van der Waals surface area contributed by atoms with Gasteiger partial charge in [0, 0.05) is 12.6 Å². The van der Waals surface area contributed by atoms with Crippen LogP contribution < -0.4 is 4.74 Å². The molecule has 0 fully saturated rings. The summed E-state index contributed by atoms with van der Waals surface area (Å²) in [5.74, 6) is -0.221. The Hall–Kier alpha value is -2.63. The fourth-order valence-corrected chi connectivity index (χ4v) is 1.56. The van der Waals surface area contributed by atoms with Crippen molar-refractivity contribution >= 4 is 5.97 Å². The molecule has 6 nitrogen and oxygen atoms in total. The Labute approximate surface area is 116 Å². The normalized spacial score (nSPS) is 10.2. The summed E-state index contributed by atoms with van der Waals surface area (Å²) < 4.78 is 5.49. The molecule has 2 aromatic heterocycles. The number of ether oxygens (including phenoxy) is 1. The maximum Gasteiger partial charge on any atom is 0.303 e. The number of pyridine rings is 1. The molecule has 0 unspecified atom stereocenters. The van der Waals surface area contributed by atoms with Crippen molar-refractivity contribution in [3.63, 3.8) is 0 Å². The predicted molar refractivity (Wildman–Crippen MR) is 73.3 cm³/mol. The van der Waals surface area contributed by atoms with E-state index in [4.69, 9.17) is 9.84 Å². The van der Waals surface area contributed by atoms with Gasteiger partial charge in [-0.15, -0.1) is 0 Å². The molecule has 0 aliphatic heterocycles. The van der Waals surface area contributed by atoms with Crippen LogP contribution in [-0.4, -0.2) is 32.9 Å². The summed E-state index contributed by atoms with van der Waals surface area (Å²) in [5.41, 5.74) is 2.35. The van der Waals surface area contributed by atoms with Gasteiger partial charge in [-0.3, -0.25) is 14.9 Å². The minimum atomic E-state index is -0.836. The first-order valence-corrected chi connectivity index (χ1v) is 6.12. The zero-order valence-corrected chi connectivity index (χ0v) is 10.9. The minimum Gasteiger partial charge on any atom is -0.488 e. The van der Waals surface area contributed by atoms with Crippen molar-refractivity contribution in [3.05, 3.63) is 42.7 Å². The zero-order valence-electron chi connectivity index (χ0n) is 10.9. The average molecular weight is 273 g/mol. The quantitative estimate of drug-likeness (QED) is 0.755. The highest BCUT2D eigenvalue weighted by atomic mass is 16.5. The van der Waals surface area contributed by atoms with E-state index in [1.807, 2.05) is 12.1 Å². The van der Waals surface area contributed by atoms with Gasteiger partial charge in [0.1, 0.15) is 12.4 Å². The number of aliphatic carboxylic acids is 1. The number of carboxylic acids is 1. The van der Waals surface area contributed by atoms with E-state index >= 15 is 0 Å². The molecule has 2 N–H and O–H groups in total. The molecule has 0 aliphatic carbocycles. The van der Waals surface area contributed by atoms with Crippen LogP contribution in [0.1, 0.15) is 12.8 Å². The molecule has 0 radical (unpaired) electrons. The first-order chi connectivity index (χ1) is 9.65. The molecule has 0 saturated carbocycles. The monoisotopic (exact) mass is 273 g/mol. The van der Waals surface area contributed by atoms with Crippen molar-refractivity contribution in [3.8, 4) is 17.1 Å². The van der Waals surface area contributed by atoms with Crippen LogP contribution in [0, 0.1) is 0 Å². The van der Waals surface area contributed by atoms with Gasteiger partial charge in [-0.25, -0.2) is 0 Å². The number of hydrogen-bond donors (Lipinski definition) is 2. The Kier molecular flexibility index (Phi) is 4.49. The van der Waals surface area contributed by atoms with Crippen LogP contribution in [0.25, 0.3) is 11.4 Å². The molecule has 2 rings (SSSR count). The second kappa shape index (κ2) is 6.51. The lowest BCUT2D eigenvalue weighted by atomic mass is 10.2. The third kappa shape index (κ3) is 3.94. The molecule has 2 heterocycles. The van der Waals surface area contributed by atoms with Gasteiger partial charge in [-0.1, -0.05) is 6.58 Å². The van der Waals surface area contributed by atoms with Gasteiger partial charge in [-0.05, 0) is 30.2 Å². The van der Waals surface area contributed by atoms with Crippen LogP contribution in [-0.2, 0) is 4.79 Å². The van der Waals surface area contributed by atoms with Crippen molar-refractivity contribution in [1.29, 1.82) is 0 Å². The van der Waals surface area contributed by atoms with Gasteiger partial charge < -0.3 is 9.84 Å². The number of H-pyrrole nitrogens is 1. The van der Waals surface area contributed by atoms with E-state index in [-0.39, 0.29) is 6.42 Å². The Balaban J connectivity index is 1.85. The summed E-state index contributed by atoms with van der Waals surface area (Å²) in [6.45, 7) is 4.07. The largest absolute Gasteiger partial charge is 0.488 e. The van der Waals surface area contributed by atoms with Crippen molar-refractivity contribution in [2.24, 2.45) is 0 Å². The molecule has 0 atom stereocenters. The fraction of sp³-hybridized carbons (Fsp3) is 0.214. The van der Waals surface area contributed by atoms with E-state index in [9.17, 15) is 4.79 Å². The summed E-state index contributed by atoms with van der Waals surface area (Å²) in [4.78, 5) is 14.7. The summed E-state index contributed by atoms with van der Waals surface area (Å²) in [6, 6.07) is 5.45. The summed E-state index contributed by atoms with van der Waals surface area (Å²) >= 11 is 0. The van der Waals surface area contributed by atoms with E-state index in [0.29, 0.717) is 18.8 Å². The maximum absolute atomic E-state index is 10.4. The molecule has 104 valence electrons. The molecule has 0 amide bonds. The summed E-state index contributed by atoms with van der Waals surface area (Å²) in [7, 11) is 0. The topological polar surface area (TPSA) is 88.1 Å². The Morgan fingerprint density at radius 3 is 2.80 bits per heavy atom. The van der Waals surface area contributed by atoms with Gasteiger partial charge in [0.25, 0.3) is 0 Å². The highest BCUT2D eigenvalue weighted by Crippen LogP contribution is 2.17. The van der Waals surface area contributed by atoms with Crippen LogP contribution >= 0.6 is 0 Å². The van der Waals surface area contributed by atoms with Gasteiger partial charge in [0.15, 0.2) is 0 Å². The fourth-order valence-electron chi connectivity index (χ4n) is 1.56. The van der Waals surface area contributed by atoms with Crippen LogP contribution in [0.15, 0.2) is 42.7 Å². The number of nitrogens with one attached hydrogen (secondary N) is 1. The van der Waals surface area contributed by atoms with Crippen LogP contribution in [0.5, 0.6) is 5.75 Å². The highest BCUT2D eigenvalue weighted by molar-refractivity contribution is 5.67. The Morgan fingerprint density at radius 2 is 2.20 bits per heavy atom. The standard InChI is InChI=1S/C14H15N3O3/c1-10(2-5-14(18)19)9-20-11-3-4-12(15-8-11)13-6-7-16-17-13/h3-4,6-8H,1-2,5,9H2,(H,16,17)(H,18,19). The second-order valence-electron chi connectivity index (χ2n) is 4.28. The first kappa shape index (κ1) is 13.8. The van der Waals surface area contributed by atoms with Crippen molar-refractivity contribution in [2.45, 2.75) is 12.8 Å². The number of nitrogens with zero attached hydrogens (tertiary/aromatic N) is 2. The number of carboxylic acid groups (broad SMARTS) is 1. The number of carbonyl (C=O) groups is 1. The molecule has 0 bridgehead atoms. The Bertz CT molecular complexity index is 576. The van der Waals surface area contributed by atoms with E-state index in [2.05, 4.69) is 21.8 Å². The average Bonchev–Trinajstić information content (AvgIpc) is 2.97. The molecule has 2 aromatic rings. The molecule has 0 spiro atoms. The Morgan fingerprint density at radius 1 is 1.35 bits per heavy atom. The van der Waals surface area contributed by atoms with Crippen LogP contribution in [0.4, 0.5) is 0 Å². The lowest BCUT2D eigenvalue weighted by molar-refractivity contribution is -0.136. The lowest BCUT2D eigenvalue weighted by Crippen LogP contribution is -2.03. The van der Waals surface area contributed by atoms with Crippen molar-refractivity contribution in [1.82, 2.24) is 15.2 Å². The van der Waals surface area contributed by atoms with Gasteiger partial charge in [0.05, 0.1) is 17.6 Å². The third-order valence-corrected chi connectivity index (χ3v) is 2.65. The van der Waals surface area contributed by atoms with Gasteiger partial charge >= 0.3 is 5.97 Å². The first-order valence-electron chi connectivity index (χ1n) is 6.12. The molecule has 20 heavy (non-hydrogen) atoms. The molecule has 0 aromatic carbocycles. The lowest BCUT2D eigenvalue weighted by Gasteiger charge is -2.07. The van der Waals surface area contributed by atoms with Crippen molar-refractivity contribution < 1.29 is 14.6 Å². The number of rotatable bonds is 7. The predicted octanol–water partition coefficient (Wildman–Crippen LogP) is 2.27. The van der Waals surface area contributed by atoms with Crippen LogP contribution in [0.2, 0.25) is 0 Å². The molecule has 6 heteroatoms. The zero-order chi connectivity index (χ0) is 14.4. The number of hydrogen-bond acceptors (Lipinski definition) is 4. The smallest absolute Gasteiger partial charge is 0.303 e. The molecular formula is C14H15N3O3. The van der Waals surface area contributed by atoms with E-state index in [1.165, 1.54) is 0 Å². The maximum atomic E-state index is 10.4. The summed E-state index contributed by atoms with van der Waals surface area (Å²) in [5, 5.41) is 15.3. The van der Waals surface area contributed by atoms with Crippen molar-refractivity contribution in [2.75, 3.05) is 6.61 Å². The van der Waals surface area contributed by atoms with Gasteiger partial charge in [0.2, 0.25) is 0 Å². The number of aromatic nitrogens is 3. The third-order valence-electron chi connectivity index (χ3n) is 2.65. The highest BCUT2D eigenvalue weighted by Gasteiger charge is 2.03. The van der Waals surface area contributed by atoms with E-state index in [1.54, 1.807) is 18.5 Å². The summed E-state index contributed by atoms with van der Waals surface area (Å²) in [6.07, 6.45) is 3.75.